The molecule has 1 saturated heterocycles. The van der Waals surface area contributed by atoms with Gasteiger partial charge in [0.25, 0.3) is 5.56 Å². The molecule has 0 unspecified atom stereocenters. The van der Waals surface area contributed by atoms with E-state index in [9.17, 15) is 18.0 Å². The van der Waals surface area contributed by atoms with Crippen molar-refractivity contribution in [2.45, 2.75) is 44.7 Å². The lowest BCUT2D eigenvalue weighted by molar-refractivity contribution is -0.182. The minimum atomic E-state index is -4.59. The Balaban J connectivity index is 1.81. The van der Waals surface area contributed by atoms with Crippen LogP contribution in [0.25, 0.3) is 0 Å². The molecule has 0 amide bonds. The summed E-state index contributed by atoms with van der Waals surface area (Å²) in [5, 5.41) is 0.182. The van der Waals surface area contributed by atoms with Crippen LogP contribution in [0.4, 0.5) is 24.9 Å². The SMILES string of the molecule is C[C@@H]1COCCN1c1cc(=O)n2c(n1)N(Cc1ccnc(Cl)c1)[C@](C)(C(F)(F)F)C2. The van der Waals surface area contributed by atoms with Crippen LogP contribution in [-0.4, -0.2) is 52.1 Å². The summed E-state index contributed by atoms with van der Waals surface area (Å²) in [6.07, 6.45) is -3.15. The maximum Gasteiger partial charge on any atom is 0.413 e. The number of pyridine rings is 1. The Kier molecular flexibility index (Phi) is 5.17. The van der Waals surface area contributed by atoms with E-state index in [-0.39, 0.29) is 23.7 Å². The van der Waals surface area contributed by atoms with E-state index < -0.39 is 23.8 Å². The zero-order chi connectivity index (χ0) is 21.7. The molecule has 0 N–H and O–H groups in total. The number of alkyl halides is 3. The fraction of sp³-hybridized carbons (Fsp3) is 0.526. The number of rotatable bonds is 3. The zero-order valence-corrected chi connectivity index (χ0v) is 17.2. The van der Waals surface area contributed by atoms with Gasteiger partial charge < -0.3 is 14.5 Å². The fourth-order valence-corrected chi connectivity index (χ4v) is 4.07. The van der Waals surface area contributed by atoms with Gasteiger partial charge in [-0.25, -0.2) is 4.98 Å². The molecule has 7 nitrogen and oxygen atoms in total. The number of morpholine rings is 1. The van der Waals surface area contributed by atoms with Gasteiger partial charge in [0.2, 0.25) is 5.95 Å². The number of fused-ring (bicyclic) bond motifs is 1. The van der Waals surface area contributed by atoms with E-state index in [1.165, 1.54) is 18.3 Å². The van der Waals surface area contributed by atoms with Crippen LogP contribution in [0.15, 0.2) is 29.2 Å². The smallest absolute Gasteiger partial charge is 0.377 e. The molecule has 2 atom stereocenters. The normalized spacial score (nSPS) is 24.3. The van der Waals surface area contributed by atoms with Crippen LogP contribution in [0.5, 0.6) is 0 Å². The van der Waals surface area contributed by atoms with Crippen molar-refractivity contribution in [3.8, 4) is 0 Å². The van der Waals surface area contributed by atoms with Crippen molar-refractivity contribution in [3.63, 3.8) is 0 Å². The molecule has 2 aliphatic heterocycles. The second-order valence-corrected chi connectivity index (χ2v) is 8.19. The second kappa shape index (κ2) is 7.42. The monoisotopic (exact) mass is 443 g/mol. The minimum absolute atomic E-state index is 0.0102. The third-order valence-corrected chi connectivity index (χ3v) is 5.89. The van der Waals surface area contributed by atoms with Crippen LogP contribution in [0.1, 0.15) is 19.4 Å². The molecular formula is C19H21ClF3N5O2. The van der Waals surface area contributed by atoms with Gasteiger partial charge in [0, 0.05) is 25.4 Å². The van der Waals surface area contributed by atoms with Crippen molar-refractivity contribution >= 4 is 23.4 Å². The highest BCUT2D eigenvalue weighted by atomic mass is 35.5. The number of anilines is 2. The molecule has 0 radical (unpaired) electrons. The van der Waals surface area contributed by atoms with Gasteiger partial charge in [0.05, 0.1) is 25.8 Å². The minimum Gasteiger partial charge on any atom is -0.377 e. The van der Waals surface area contributed by atoms with Gasteiger partial charge in [-0.1, -0.05) is 11.6 Å². The molecule has 0 aromatic carbocycles. The number of hydrogen-bond acceptors (Lipinski definition) is 6. The van der Waals surface area contributed by atoms with E-state index in [2.05, 4.69) is 9.97 Å². The van der Waals surface area contributed by atoms with Gasteiger partial charge >= 0.3 is 6.18 Å². The quantitative estimate of drug-likeness (QED) is 0.680. The molecule has 1 fully saturated rings. The zero-order valence-electron chi connectivity index (χ0n) is 16.5. The Morgan fingerprint density at radius 1 is 1.37 bits per heavy atom. The van der Waals surface area contributed by atoms with Crippen molar-refractivity contribution in [1.29, 1.82) is 0 Å². The van der Waals surface area contributed by atoms with Crippen LogP contribution in [0, 0.1) is 0 Å². The number of aromatic nitrogens is 3. The molecular weight excluding hydrogens is 423 g/mol. The summed E-state index contributed by atoms with van der Waals surface area (Å²) >= 11 is 5.92. The standard InChI is InChI=1S/C19H21ClF3N5O2/c1-12-10-30-6-5-26(12)15-8-16(29)27-11-18(2,19(21,22)23)28(17(27)25-15)9-13-3-4-24-14(20)7-13/h3-4,7-8,12H,5-6,9-11H2,1-2H3/t12-,18+/m1/s1. The molecule has 2 aromatic rings. The van der Waals surface area contributed by atoms with Gasteiger partial charge in [0.1, 0.15) is 11.0 Å². The summed E-state index contributed by atoms with van der Waals surface area (Å²) in [4.78, 5) is 24.2. The Bertz CT molecular complexity index is 1010. The second-order valence-electron chi connectivity index (χ2n) is 7.80. The Hall–Kier alpha value is -2.33. The van der Waals surface area contributed by atoms with Crippen molar-refractivity contribution in [2.75, 3.05) is 29.6 Å². The van der Waals surface area contributed by atoms with E-state index in [1.807, 2.05) is 11.8 Å². The number of nitrogens with zero attached hydrogens (tertiary/aromatic N) is 5. The van der Waals surface area contributed by atoms with Crippen LogP contribution < -0.4 is 15.4 Å². The third-order valence-electron chi connectivity index (χ3n) is 5.68. The summed E-state index contributed by atoms with van der Waals surface area (Å²) in [5.41, 5.74) is -2.27. The third kappa shape index (κ3) is 3.51. The van der Waals surface area contributed by atoms with E-state index in [4.69, 9.17) is 16.3 Å². The number of halogens is 4. The molecule has 4 rings (SSSR count). The first-order valence-corrected chi connectivity index (χ1v) is 9.89. The Labute approximate surface area is 176 Å². The average Bonchev–Trinajstić information content (AvgIpc) is 2.96. The first kappa shape index (κ1) is 20.9. The summed E-state index contributed by atoms with van der Waals surface area (Å²) in [6, 6.07) is 4.36. The molecule has 30 heavy (non-hydrogen) atoms. The maximum absolute atomic E-state index is 14.1. The maximum atomic E-state index is 14.1. The van der Waals surface area contributed by atoms with Gasteiger partial charge in [-0.15, -0.1) is 0 Å². The van der Waals surface area contributed by atoms with Gasteiger partial charge in [0.15, 0.2) is 5.54 Å². The van der Waals surface area contributed by atoms with Crippen molar-refractivity contribution in [1.82, 2.24) is 14.5 Å². The summed E-state index contributed by atoms with van der Waals surface area (Å²) in [7, 11) is 0. The van der Waals surface area contributed by atoms with Crippen molar-refractivity contribution in [2.24, 2.45) is 0 Å². The topological polar surface area (TPSA) is 63.5 Å². The summed E-state index contributed by atoms with van der Waals surface area (Å²) < 4.78 is 48.9. The van der Waals surface area contributed by atoms with Gasteiger partial charge in [-0.3, -0.25) is 9.36 Å². The highest BCUT2D eigenvalue weighted by molar-refractivity contribution is 6.29. The fourth-order valence-electron chi connectivity index (χ4n) is 3.88. The Morgan fingerprint density at radius 2 is 2.13 bits per heavy atom. The first-order chi connectivity index (χ1) is 14.1. The van der Waals surface area contributed by atoms with Crippen LogP contribution in [-0.2, 0) is 17.8 Å². The van der Waals surface area contributed by atoms with Gasteiger partial charge in [-0.05, 0) is 31.5 Å². The number of ether oxygens (including phenoxy) is 1. The molecule has 11 heteroatoms. The molecule has 2 aromatic heterocycles. The summed E-state index contributed by atoms with van der Waals surface area (Å²) in [6.45, 7) is 3.78. The Morgan fingerprint density at radius 3 is 2.80 bits per heavy atom. The predicted octanol–water partition coefficient (Wildman–Crippen LogP) is 2.86. The highest BCUT2D eigenvalue weighted by Crippen LogP contribution is 2.44. The van der Waals surface area contributed by atoms with Gasteiger partial charge in [-0.2, -0.15) is 18.2 Å². The molecule has 162 valence electrons. The first-order valence-electron chi connectivity index (χ1n) is 9.51. The lowest BCUT2D eigenvalue weighted by atomic mass is 10.00. The highest BCUT2D eigenvalue weighted by Gasteiger charge is 2.59. The van der Waals surface area contributed by atoms with Crippen LogP contribution in [0.2, 0.25) is 5.15 Å². The summed E-state index contributed by atoms with van der Waals surface area (Å²) in [5.74, 6) is 0.343. The van der Waals surface area contributed by atoms with Crippen LogP contribution >= 0.6 is 11.6 Å². The average molecular weight is 444 g/mol. The lowest BCUT2D eigenvalue weighted by Crippen LogP contribution is -2.55. The van der Waals surface area contributed by atoms with E-state index in [1.54, 1.807) is 6.07 Å². The molecule has 0 saturated carbocycles. The largest absolute Gasteiger partial charge is 0.413 e. The molecule has 2 aliphatic rings. The molecule has 4 heterocycles. The molecule has 0 bridgehead atoms. The van der Waals surface area contributed by atoms with E-state index >= 15 is 0 Å². The van der Waals surface area contributed by atoms with E-state index in [0.29, 0.717) is 31.1 Å². The predicted molar refractivity (Wildman–Crippen MR) is 106 cm³/mol. The van der Waals surface area contributed by atoms with Crippen molar-refractivity contribution < 1.29 is 17.9 Å². The van der Waals surface area contributed by atoms with E-state index in [0.717, 1.165) is 16.4 Å². The molecule has 0 spiro atoms. The molecule has 0 aliphatic carbocycles. The number of hydrogen-bond donors (Lipinski definition) is 0. The lowest BCUT2D eigenvalue weighted by Gasteiger charge is -2.37. The van der Waals surface area contributed by atoms with Crippen LogP contribution in [0.3, 0.4) is 0 Å². The van der Waals surface area contributed by atoms with Crippen molar-refractivity contribution in [3.05, 3.63) is 45.5 Å².